The molecule has 0 aromatic heterocycles. The van der Waals surface area contributed by atoms with Gasteiger partial charge >= 0.3 is 12.1 Å². The van der Waals surface area contributed by atoms with Crippen LogP contribution in [0.15, 0.2) is 48.5 Å². The van der Waals surface area contributed by atoms with Gasteiger partial charge in [-0.05, 0) is 41.0 Å². The Morgan fingerprint density at radius 1 is 0.971 bits per heavy atom. The number of carboxylic acid groups (broad SMARTS) is 1. The number of alkyl carbamates (subject to hydrolysis) is 1. The Bertz CT molecular complexity index is 992. The molecule has 0 aliphatic heterocycles. The van der Waals surface area contributed by atoms with Crippen molar-refractivity contribution in [1.29, 1.82) is 0 Å². The van der Waals surface area contributed by atoms with Crippen LogP contribution in [-0.4, -0.2) is 41.8 Å². The number of carbonyl (C=O) groups excluding carboxylic acids is 2. The van der Waals surface area contributed by atoms with Crippen LogP contribution < -0.4 is 10.6 Å². The molecule has 0 fully saturated rings. The predicted octanol–water partition coefficient (Wildman–Crippen LogP) is 5.09. The average molecular weight is 481 g/mol. The quantitative estimate of drug-likeness (QED) is 0.392. The molecule has 3 atom stereocenters. The van der Waals surface area contributed by atoms with Gasteiger partial charge in [0.1, 0.15) is 12.6 Å². The molecule has 1 aliphatic rings. The van der Waals surface area contributed by atoms with Crippen LogP contribution >= 0.6 is 0 Å². The highest BCUT2D eigenvalue weighted by molar-refractivity contribution is 5.84. The molecule has 7 heteroatoms. The second-order valence-electron chi connectivity index (χ2n) is 9.37. The van der Waals surface area contributed by atoms with Crippen LogP contribution in [0.25, 0.3) is 11.1 Å². The number of rotatable bonds is 12. The van der Waals surface area contributed by atoms with E-state index in [1.807, 2.05) is 45.0 Å². The predicted molar refractivity (Wildman–Crippen MR) is 135 cm³/mol. The first kappa shape index (κ1) is 26.3. The number of aliphatic carboxylic acids is 1. The molecule has 2 amide bonds. The molecule has 0 heterocycles. The maximum atomic E-state index is 12.6. The second kappa shape index (κ2) is 12.4. The number of benzene rings is 2. The van der Waals surface area contributed by atoms with E-state index < -0.39 is 30.1 Å². The summed E-state index contributed by atoms with van der Waals surface area (Å²) >= 11 is 0. The normalized spacial score (nSPS) is 14.8. The van der Waals surface area contributed by atoms with Crippen molar-refractivity contribution in [3.63, 3.8) is 0 Å². The average Bonchev–Trinajstić information content (AvgIpc) is 3.16. The monoisotopic (exact) mass is 480 g/mol. The molecule has 1 aliphatic carbocycles. The summed E-state index contributed by atoms with van der Waals surface area (Å²) in [5.41, 5.74) is 4.57. The Hall–Kier alpha value is -3.35. The molecule has 3 unspecified atom stereocenters. The van der Waals surface area contributed by atoms with Crippen LogP contribution in [0.1, 0.15) is 69.9 Å². The van der Waals surface area contributed by atoms with E-state index in [4.69, 9.17) is 4.74 Å². The van der Waals surface area contributed by atoms with E-state index in [9.17, 15) is 19.5 Å². The van der Waals surface area contributed by atoms with Crippen LogP contribution in [-0.2, 0) is 14.3 Å². The highest BCUT2D eigenvalue weighted by atomic mass is 16.5. The van der Waals surface area contributed by atoms with E-state index in [-0.39, 0.29) is 24.9 Å². The summed E-state index contributed by atoms with van der Waals surface area (Å²) < 4.78 is 5.61. The number of hydrogen-bond acceptors (Lipinski definition) is 4. The van der Waals surface area contributed by atoms with Crippen molar-refractivity contribution < 1.29 is 24.2 Å². The summed E-state index contributed by atoms with van der Waals surface area (Å²) in [7, 11) is 0. The van der Waals surface area contributed by atoms with Gasteiger partial charge in [-0.2, -0.15) is 0 Å². The van der Waals surface area contributed by atoms with Crippen molar-refractivity contribution in [3.05, 3.63) is 59.7 Å². The van der Waals surface area contributed by atoms with E-state index in [1.165, 1.54) is 0 Å². The molecule has 3 rings (SSSR count). The smallest absolute Gasteiger partial charge is 0.407 e. The summed E-state index contributed by atoms with van der Waals surface area (Å²) in [5, 5.41) is 14.9. The van der Waals surface area contributed by atoms with Gasteiger partial charge in [0, 0.05) is 18.4 Å². The molecule has 0 spiro atoms. The molecule has 35 heavy (non-hydrogen) atoms. The summed E-state index contributed by atoms with van der Waals surface area (Å²) in [6, 6.07) is 14.9. The molecule has 2 aromatic rings. The van der Waals surface area contributed by atoms with E-state index >= 15 is 0 Å². The Morgan fingerprint density at radius 3 is 2.11 bits per heavy atom. The zero-order chi connectivity index (χ0) is 25.4. The lowest BCUT2D eigenvalue weighted by molar-refractivity contribution is -0.142. The number of ether oxygens (including phenoxy) is 1. The van der Waals surface area contributed by atoms with E-state index in [1.54, 1.807) is 0 Å². The Labute approximate surface area is 207 Å². The number of carboxylic acids is 1. The van der Waals surface area contributed by atoms with Crippen LogP contribution in [0.2, 0.25) is 0 Å². The molecular weight excluding hydrogens is 444 g/mol. The summed E-state index contributed by atoms with van der Waals surface area (Å²) in [6.07, 6.45) is 1.98. The molecule has 0 radical (unpaired) electrons. The third-order valence-electron chi connectivity index (χ3n) is 6.70. The van der Waals surface area contributed by atoms with Crippen LogP contribution in [0.5, 0.6) is 0 Å². The van der Waals surface area contributed by atoms with E-state index in [0.29, 0.717) is 12.8 Å². The highest BCUT2D eigenvalue weighted by Crippen LogP contribution is 2.44. The zero-order valence-electron chi connectivity index (χ0n) is 20.8. The first-order chi connectivity index (χ1) is 16.8. The molecule has 188 valence electrons. The molecule has 0 saturated heterocycles. The second-order valence-corrected chi connectivity index (χ2v) is 9.37. The minimum Gasteiger partial charge on any atom is -0.480 e. The maximum Gasteiger partial charge on any atom is 0.407 e. The maximum absolute atomic E-state index is 12.6. The Kier molecular flexibility index (Phi) is 9.29. The van der Waals surface area contributed by atoms with Gasteiger partial charge in [0.25, 0.3) is 0 Å². The third-order valence-corrected chi connectivity index (χ3v) is 6.70. The van der Waals surface area contributed by atoms with Gasteiger partial charge in [0.2, 0.25) is 5.91 Å². The van der Waals surface area contributed by atoms with Gasteiger partial charge in [-0.3, -0.25) is 4.79 Å². The Balaban J connectivity index is 1.57. The minimum atomic E-state index is -1.05. The van der Waals surface area contributed by atoms with Gasteiger partial charge in [-0.15, -0.1) is 0 Å². The van der Waals surface area contributed by atoms with Gasteiger partial charge in [0.15, 0.2) is 0 Å². The largest absolute Gasteiger partial charge is 0.480 e. The molecule has 0 bridgehead atoms. The lowest BCUT2D eigenvalue weighted by atomic mass is 9.98. The van der Waals surface area contributed by atoms with Crippen molar-refractivity contribution in [2.75, 3.05) is 6.61 Å². The lowest BCUT2D eigenvalue weighted by Gasteiger charge is -2.22. The van der Waals surface area contributed by atoms with Crippen molar-refractivity contribution in [3.8, 4) is 11.1 Å². The number of hydrogen-bond donors (Lipinski definition) is 3. The first-order valence-corrected chi connectivity index (χ1v) is 12.5. The first-order valence-electron chi connectivity index (χ1n) is 12.5. The number of fused-ring (bicyclic) bond motifs is 3. The van der Waals surface area contributed by atoms with Crippen molar-refractivity contribution in [2.45, 2.75) is 70.9 Å². The number of amides is 2. The number of carbonyl (C=O) groups is 3. The van der Waals surface area contributed by atoms with Gasteiger partial charge in [-0.25, -0.2) is 9.59 Å². The van der Waals surface area contributed by atoms with Crippen molar-refractivity contribution in [2.24, 2.45) is 5.92 Å². The van der Waals surface area contributed by atoms with Gasteiger partial charge in [0.05, 0.1) is 0 Å². The molecular formula is C28H36N2O5. The SMILES string of the molecule is CCCC(CC(=O)NC(CC(C)CC)C(=O)O)NC(=O)OCC1c2ccccc2-c2ccccc21. The molecule has 0 saturated carbocycles. The highest BCUT2D eigenvalue weighted by Gasteiger charge is 2.29. The third kappa shape index (κ3) is 6.84. The summed E-state index contributed by atoms with van der Waals surface area (Å²) in [5.74, 6) is -1.30. The summed E-state index contributed by atoms with van der Waals surface area (Å²) in [4.78, 5) is 36.8. The fourth-order valence-electron chi connectivity index (χ4n) is 4.65. The topological polar surface area (TPSA) is 105 Å². The van der Waals surface area contributed by atoms with Crippen LogP contribution in [0.3, 0.4) is 0 Å². The molecule has 3 N–H and O–H groups in total. The van der Waals surface area contributed by atoms with Crippen molar-refractivity contribution in [1.82, 2.24) is 10.6 Å². The van der Waals surface area contributed by atoms with Crippen LogP contribution in [0.4, 0.5) is 4.79 Å². The molecule has 7 nitrogen and oxygen atoms in total. The summed E-state index contributed by atoms with van der Waals surface area (Å²) in [6.45, 7) is 6.11. The standard InChI is InChI=1S/C28H36N2O5/c1-4-10-19(16-26(31)30-25(27(32)33)15-18(3)5-2)29-28(34)35-17-24-22-13-8-6-11-20(22)21-12-7-9-14-23(21)24/h6-9,11-14,18-19,24-25H,4-5,10,15-17H2,1-3H3,(H,29,34)(H,30,31)(H,32,33). The lowest BCUT2D eigenvalue weighted by Crippen LogP contribution is -2.45. The minimum absolute atomic E-state index is 0.00230. The number of nitrogens with one attached hydrogen (secondary N) is 2. The zero-order valence-corrected chi connectivity index (χ0v) is 20.8. The van der Waals surface area contributed by atoms with Gasteiger partial charge < -0.3 is 20.5 Å². The van der Waals surface area contributed by atoms with E-state index in [2.05, 4.69) is 34.9 Å². The fraction of sp³-hybridized carbons (Fsp3) is 0.464. The van der Waals surface area contributed by atoms with Crippen molar-refractivity contribution >= 4 is 18.0 Å². The Morgan fingerprint density at radius 2 is 1.57 bits per heavy atom. The van der Waals surface area contributed by atoms with E-state index in [0.717, 1.165) is 35.1 Å². The van der Waals surface area contributed by atoms with Crippen LogP contribution in [0, 0.1) is 5.92 Å². The molecule has 2 aromatic carbocycles. The fourth-order valence-corrected chi connectivity index (χ4v) is 4.65. The van der Waals surface area contributed by atoms with Gasteiger partial charge in [-0.1, -0.05) is 82.1 Å².